The van der Waals surface area contributed by atoms with E-state index in [9.17, 15) is 14.0 Å². The molecule has 0 unspecified atom stereocenters. The molecule has 2 amide bonds. The van der Waals surface area contributed by atoms with E-state index in [0.29, 0.717) is 19.4 Å². The Kier molecular flexibility index (Phi) is 4.49. The molecule has 3 rings (SSSR count). The van der Waals surface area contributed by atoms with Crippen molar-refractivity contribution in [2.24, 2.45) is 5.41 Å². The Hall–Kier alpha value is -2.11. The van der Waals surface area contributed by atoms with Crippen molar-refractivity contribution in [1.29, 1.82) is 0 Å². The van der Waals surface area contributed by atoms with E-state index in [4.69, 9.17) is 4.74 Å². The highest BCUT2D eigenvalue weighted by Crippen LogP contribution is 2.57. The van der Waals surface area contributed by atoms with Crippen molar-refractivity contribution >= 4 is 12.0 Å². The molecule has 0 bridgehead atoms. The van der Waals surface area contributed by atoms with E-state index in [1.807, 2.05) is 37.3 Å². The van der Waals surface area contributed by atoms with Crippen LogP contribution in [0.1, 0.15) is 52.1 Å². The normalized spacial score (nSPS) is 29.0. The lowest BCUT2D eigenvalue weighted by Gasteiger charge is -2.51. The van der Waals surface area contributed by atoms with Crippen LogP contribution in [0, 0.1) is 5.41 Å². The van der Waals surface area contributed by atoms with Gasteiger partial charge in [0.05, 0.1) is 12.7 Å². The summed E-state index contributed by atoms with van der Waals surface area (Å²) in [6.07, 6.45) is 0.341. The number of hydrogen-bond acceptors (Lipinski definition) is 3. The van der Waals surface area contributed by atoms with E-state index in [0.717, 1.165) is 5.56 Å². The summed E-state index contributed by atoms with van der Waals surface area (Å²) < 4.78 is 19.4. The first kappa shape index (κ1) is 18.7. The topological polar surface area (TPSA) is 58.6 Å². The average molecular weight is 362 g/mol. The number of hydrogen-bond donors (Lipinski definition) is 1. The smallest absolute Gasteiger partial charge is 0.408 e. The van der Waals surface area contributed by atoms with Crippen LogP contribution < -0.4 is 5.32 Å². The van der Waals surface area contributed by atoms with Crippen LogP contribution in [0.5, 0.6) is 0 Å². The molecule has 2 fully saturated rings. The number of amides is 2. The molecule has 5 nitrogen and oxygen atoms in total. The van der Waals surface area contributed by atoms with Gasteiger partial charge < -0.3 is 15.0 Å². The van der Waals surface area contributed by atoms with E-state index >= 15 is 0 Å². The van der Waals surface area contributed by atoms with Crippen LogP contribution in [-0.2, 0) is 9.53 Å². The van der Waals surface area contributed by atoms with Crippen molar-refractivity contribution in [2.75, 3.05) is 13.2 Å². The molecule has 26 heavy (non-hydrogen) atoms. The fourth-order valence-corrected chi connectivity index (χ4v) is 4.09. The lowest BCUT2D eigenvalue weighted by Crippen LogP contribution is -2.69. The summed E-state index contributed by atoms with van der Waals surface area (Å²) in [7, 11) is 0. The SMILES string of the molecule is C[C@H](c1ccccc1)N1C[C@@]2(CF)CC[C@@]2(NC(=O)OC(C)(C)C)C1=O. The quantitative estimate of drug-likeness (QED) is 0.890. The number of benzene rings is 1. The van der Waals surface area contributed by atoms with Crippen LogP contribution in [0.2, 0.25) is 0 Å². The molecule has 142 valence electrons. The van der Waals surface area contributed by atoms with Gasteiger partial charge in [-0.05, 0) is 46.1 Å². The number of carbonyl (C=O) groups excluding carboxylic acids is 2. The van der Waals surface area contributed by atoms with E-state index < -0.39 is 29.3 Å². The lowest BCUT2D eigenvalue weighted by atomic mass is 9.56. The van der Waals surface area contributed by atoms with Gasteiger partial charge in [-0.15, -0.1) is 0 Å². The van der Waals surface area contributed by atoms with Crippen molar-refractivity contribution in [2.45, 2.75) is 57.7 Å². The first-order valence-corrected chi connectivity index (χ1v) is 9.07. The van der Waals surface area contributed by atoms with Gasteiger partial charge in [0.1, 0.15) is 11.1 Å². The third kappa shape index (κ3) is 2.85. The summed E-state index contributed by atoms with van der Waals surface area (Å²) >= 11 is 0. The number of nitrogens with one attached hydrogen (secondary N) is 1. The first-order valence-electron chi connectivity index (χ1n) is 9.07. The van der Waals surface area contributed by atoms with Crippen LogP contribution in [0.15, 0.2) is 30.3 Å². The number of ether oxygens (including phenoxy) is 1. The van der Waals surface area contributed by atoms with Crippen molar-refractivity contribution in [3.63, 3.8) is 0 Å². The maximum atomic E-state index is 14.1. The van der Waals surface area contributed by atoms with Gasteiger partial charge in [0, 0.05) is 12.0 Å². The van der Waals surface area contributed by atoms with E-state index in [1.165, 1.54) is 0 Å². The molecule has 1 aliphatic carbocycles. The summed E-state index contributed by atoms with van der Waals surface area (Å²) in [6, 6.07) is 9.47. The zero-order valence-corrected chi connectivity index (χ0v) is 15.8. The average Bonchev–Trinajstić information content (AvgIpc) is 2.72. The van der Waals surface area contributed by atoms with Crippen molar-refractivity contribution in [3.8, 4) is 0 Å². The maximum Gasteiger partial charge on any atom is 0.408 e. The Bertz CT molecular complexity index is 699. The van der Waals surface area contributed by atoms with Crippen LogP contribution in [0.3, 0.4) is 0 Å². The minimum atomic E-state index is -1.20. The van der Waals surface area contributed by atoms with Crippen molar-refractivity contribution in [1.82, 2.24) is 10.2 Å². The Balaban J connectivity index is 1.86. The van der Waals surface area contributed by atoms with Crippen molar-refractivity contribution < 1.29 is 18.7 Å². The highest BCUT2D eigenvalue weighted by atomic mass is 19.1. The Morgan fingerprint density at radius 2 is 1.96 bits per heavy atom. The lowest BCUT2D eigenvalue weighted by molar-refractivity contribution is -0.140. The molecule has 1 aromatic carbocycles. The van der Waals surface area contributed by atoms with E-state index in [-0.39, 0.29) is 11.9 Å². The number of alkyl carbamates (subject to hydrolysis) is 1. The van der Waals surface area contributed by atoms with Gasteiger partial charge in [-0.25, -0.2) is 4.79 Å². The monoisotopic (exact) mass is 362 g/mol. The predicted molar refractivity (Wildman–Crippen MR) is 96.3 cm³/mol. The number of fused-ring (bicyclic) bond motifs is 1. The van der Waals surface area contributed by atoms with Crippen LogP contribution >= 0.6 is 0 Å². The molecule has 1 aliphatic heterocycles. The summed E-state index contributed by atoms with van der Waals surface area (Å²) in [5, 5.41) is 2.73. The highest BCUT2D eigenvalue weighted by molar-refractivity contribution is 5.95. The molecule has 1 saturated carbocycles. The number of carbonyl (C=O) groups is 2. The Labute approximate surface area is 153 Å². The van der Waals surface area contributed by atoms with Crippen LogP contribution in [0.4, 0.5) is 9.18 Å². The molecule has 0 radical (unpaired) electrons. The fourth-order valence-electron chi connectivity index (χ4n) is 4.09. The van der Waals surface area contributed by atoms with Crippen LogP contribution in [0.25, 0.3) is 0 Å². The van der Waals surface area contributed by atoms with Crippen LogP contribution in [-0.4, -0.2) is 41.3 Å². The minimum absolute atomic E-state index is 0.185. The second kappa shape index (κ2) is 6.25. The summed E-state index contributed by atoms with van der Waals surface area (Å²) in [5.74, 6) is -0.219. The fraction of sp³-hybridized carbons (Fsp3) is 0.600. The van der Waals surface area contributed by atoms with Gasteiger partial charge >= 0.3 is 6.09 Å². The third-order valence-corrected chi connectivity index (χ3v) is 5.70. The molecule has 0 aromatic heterocycles. The second-order valence-corrected chi connectivity index (χ2v) is 8.47. The number of likely N-dealkylation sites (tertiary alicyclic amines) is 1. The Morgan fingerprint density at radius 3 is 2.46 bits per heavy atom. The molecular weight excluding hydrogens is 335 g/mol. The summed E-state index contributed by atoms with van der Waals surface area (Å²) in [5.41, 5.74) is -1.76. The number of nitrogens with zero attached hydrogens (tertiary/aromatic N) is 1. The highest BCUT2D eigenvalue weighted by Gasteiger charge is 2.71. The largest absolute Gasteiger partial charge is 0.444 e. The van der Waals surface area contributed by atoms with Gasteiger partial charge in [-0.3, -0.25) is 9.18 Å². The second-order valence-electron chi connectivity index (χ2n) is 8.47. The summed E-state index contributed by atoms with van der Waals surface area (Å²) in [4.78, 5) is 27.3. The maximum absolute atomic E-state index is 14.1. The first-order chi connectivity index (χ1) is 12.1. The molecule has 1 N–H and O–H groups in total. The molecule has 6 heteroatoms. The van der Waals surface area contributed by atoms with E-state index in [1.54, 1.807) is 25.7 Å². The zero-order chi connectivity index (χ0) is 19.2. The third-order valence-electron chi connectivity index (χ3n) is 5.70. The van der Waals surface area contributed by atoms with Gasteiger partial charge in [0.15, 0.2) is 0 Å². The standard InChI is InChI=1S/C20H27FN2O3/c1-14(15-8-6-5-7-9-15)23-13-19(12-21)10-11-20(19,16(23)24)22-17(25)26-18(2,3)4/h5-9,14H,10-13H2,1-4H3,(H,22,25)/t14-,19+,20-/m1/s1. The minimum Gasteiger partial charge on any atom is -0.444 e. The van der Waals surface area contributed by atoms with Gasteiger partial charge in [0.2, 0.25) is 5.91 Å². The molecule has 2 aliphatic rings. The predicted octanol–water partition coefficient (Wildman–Crippen LogP) is 3.60. The van der Waals surface area contributed by atoms with E-state index in [2.05, 4.69) is 5.32 Å². The zero-order valence-electron chi connectivity index (χ0n) is 15.8. The molecule has 1 aromatic rings. The molecule has 1 saturated heterocycles. The summed E-state index contributed by atoms with van der Waals surface area (Å²) in [6.45, 7) is 6.86. The number of halogens is 1. The number of alkyl halides is 1. The molecular formula is C20H27FN2O3. The van der Waals surface area contributed by atoms with Gasteiger partial charge in [-0.1, -0.05) is 30.3 Å². The van der Waals surface area contributed by atoms with Gasteiger partial charge in [0.25, 0.3) is 0 Å². The molecule has 1 heterocycles. The number of rotatable bonds is 4. The molecule has 0 spiro atoms. The van der Waals surface area contributed by atoms with Crippen molar-refractivity contribution in [3.05, 3.63) is 35.9 Å². The van der Waals surface area contributed by atoms with Gasteiger partial charge in [-0.2, -0.15) is 0 Å². The molecule has 3 atom stereocenters. The Morgan fingerprint density at radius 1 is 1.31 bits per heavy atom.